The lowest BCUT2D eigenvalue weighted by atomic mass is 10.1. The first kappa shape index (κ1) is 12.3. The number of carbonyl (C=O) groups is 1. The fourth-order valence-electron chi connectivity index (χ4n) is 1.99. The molecule has 0 aromatic carbocycles. The van der Waals surface area contributed by atoms with Gasteiger partial charge in [0.25, 0.3) is 0 Å². The van der Waals surface area contributed by atoms with E-state index in [-0.39, 0.29) is 11.6 Å². The first-order chi connectivity index (χ1) is 6.83. The topological polar surface area (TPSA) is 58.4 Å². The van der Waals surface area contributed by atoms with Crippen molar-refractivity contribution in [2.45, 2.75) is 45.7 Å². The van der Waals surface area contributed by atoms with Gasteiger partial charge in [-0.15, -0.1) is 0 Å². The molecule has 0 bridgehead atoms. The normalized spacial score (nSPS) is 26.9. The zero-order chi connectivity index (χ0) is 11.6. The van der Waals surface area contributed by atoms with Crippen molar-refractivity contribution in [2.24, 2.45) is 11.7 Å². The highest BCUT2D eigenvalue weighted by atomic mass is 16.2. The van der Waals surface area contributed by atoms with Crippen LogP contribution >= 0.6 is 0 Å². The molecule has 88 valence electrons. The average molecular weight is 213 g/mol. The number of urea groups is 1. The average Bonchev–Trinajstić information content (AvgIpc) is 2.43. The monoisotopic (exact) mass is 213 g/mol. The van der Waals surface area contributed by atoms with Gasteiger partial charge in [0.05, 0.1) is 0 Å². The molecule has 1 aliphatic rings. The predicted molar refractivity (Wildman–Crippen MR) is 61.6 cm³/mol. The fourth-order valence-corrected chi connectivity index (χ4v) is 1.99. The van der Waals surface area contributed by atoms with E-state index in [1.807, 2.05) is 25.7 Å². The molecular weight excluding hydrogens is 190 g/mol. The van der Waals surface area contributed by atoms with E-state index in [9.17, 15) is 4.79 Å². The van der Waals surface area contributed by atoms with E-state index < -0.39 is 0 Å². The van der Waals surface area contributed by atoms with Crippen molar-refractivity contribution >= 4 is 6.03 Å². The third-order valence-electron chi connectivity index (χ3n) is 2.74. The van der Waals surface area contributed by atoms with Crippen molar-refractivity contribution in [1.29, 1.82) is 0 Å². The maximum Gasteiger partial charge on any atom is 0.318 e. The quantitative estimate of drug-likeness (QED) is 0.687. The third kappa shape index (κ3) is 3.38. The lowest BCUT2D eigenvalue weighted by Crippen LogP contribution is -2.49. The number of likely N-dealkylation sites (tertiary alicyclic amines) is 1. The van der Waals surface area contributed by atoms with Crippen molar-refractivity contribution in [1.82, 2.24) is 10.2 Å². The minimum atomic E-state index is -0.169. The Bertz CT molecular complexity index is 234. The molecule has 0 spiro atoms. The van der Waals surface area contributed by atoms with E-state index in [0.717, 1.165) is 13.0 Å². The van der Waals surface area contributed by atoms with Gasteiger partial charge in [0.2, 0.25) is 0 Å². The van der Waals surface area contributed by atoms with E-state index in [1.165, 1.54) is 0 Å². The number of hydrogen-bond donors (Lipinski definition) is 2. The van der Waals surface area contributed by atoms with Gasteiger partial charge in [0, 0.05) is 18.1 Å². The van der Waals surface area contributed by atoms with Crippen LogP contribution in [0.25, 0.3) is 0 Å². The summed E-state index contributed by atoms with van der Waals surface area (Å²) in [6.45, 7) is 9.52. The van der Waals surface area contributed by atoms with Crippen LogP contribution in [0.15, 0.2) is 0 Å². The Morgan fingerprint density at radius 2 is 2.13 bits per heavy atom. The fraction of sp³-hybridized carbons (Fsp3) is 0.909. The summed E-state index contributed by atoms with van der Waals surface area (Å²) in [6.07, 6.45) is 1.02. The molecule has 0 aromatic heterocycles. The highest BCUT2D eigenvalue weighted by Crippen LogP contribution is 2.22. The Hall–Kier alpha value is -0.770. The van der Waals surface area contributed by atoms with E-state index in [1.54, 1.807) is 0 Å². The van der Waals surface area contributed by atoms with E-state index in [0.29, 0.717) is 18.5 Å². The lowest BCUT2D eigenvalue weighted by Gasteiger charge is -2.28. The molecule has 1 fully saturated rings. The molecular formula is C11H23N3O. The summed E-state index contributed by atoms with van der Waals surface area (Å²) in [7, 11) is 0. The SMILES string of the molecule is CC1CC(CN)CN1C(=O)NC(C)(C)C. The molecule has 4 heteroatoms. The van der Waals surface area contributed by atoms with Gasteiger partial charge in [0.1, 0.15) is 0 Å². The first-order valence-corrected chi connectivity index (χ1v) is 5.62. The van der Waals surface area contributed by atoms with Crippen molar-refractivity contribution in [3.05, 3.63) is 0 Å². The van der Waals surface area contributed by atoms with Crippen molar-refractivity contribution in [3.8, 4) is 0 Å². The van der Waals surface area contributed by atoms with Crippen LogP contribution in [0.2, 0.25) is 0 Å². The maximum atomic E-state index is 11.9. The molecule has 15 heavy (non-hydrogen) atoms. The second-order valence-electron chi connectivity index (χ2n) is 5.52. The Balaban J connectivity index is 2.54. The van der Waals surface area contributed by atoms with Crippen LogP contribution in [0.5, 0.6) is 0 Å². The number of hydrogen-bond acceptors (Lipinski definition) is 2. The highest BCUT2D eigenvalue weighted by molar-refractivity contribution is 5.75. The van der Waals surface area contributed by atoms with Crippen LogP contribution in [0.4, 0.5) is 4.79 Å². The standard InChI is InChI=1S/C11H23N3O/c1-8-5-9(6-12)7-14(8)10(15)13-11(2,3)4/h8-9H,5-7,12H2,1-4H3,(H,13,15). The Morgan fingerprint density at radius 3 is 2.53 bits per heavy atom. The molecule has 0 aromatic rings. The number of nitrogens with two attached hydrogens (primary N) is 1. The Labute approximate surface area is 92.2 Å². The van der Waals surface area contributed by atoms with Crippen molar-refractivity contribution in [2.75, 3.05) is 13.1 Å². The van der Waals surface area contributed by atoms with Crippen LogP contribution in [0, 0.1) is 5.92 Å². The minimum absolute atomic E-state index is 0.0333. The van der Waals surface area contributed by atoms with Gasteiger partial charge in [-0.3, -0.25) is 0 Å². The molecule has 2 amide bonds. The molecule has 0 aliphatic carbocycles. The van der Waals surface area contributed by atoms with Gasteiger partial charge in [0.15, 0.2) is 0 Å². The van der Waals surface area contributed by atoms with Gasteiger partial charge in [-0.05, 0) is 46.6 Å². The first-order valence-electron chi connectivity index (χ1n) is 5.62. The lowest BCUT2D eigenvalue weighted by molar-refractivity contribution is 0.186. The summed E-state index contributed by atoms with van der Waals surface area (Å²) in [5.74, 6) is 0.464. The smallest absolute Gasteiger partial charge is 0.318 e. The maximum absolute atomic E-state index is 11.9. The number of carbonyl (C=O) groups excluding carboxylic acids is 1. The molecule has 2 atom stereocenters. The summed E-state index contributed by atoms with van der Waals surface area (Å²) in [6, 6.07) is 0.340. The number of nitrogens with zero attached hydrogens (tertiary/aromatic N) is 1. The molecule has 3 N–H and O–H groups in total. The van der Waals surface area contributed by atoms with Gasteiger partial charge in [-0.25, -0.2) is 4.79 Å². The predicted octanol–water partition coefficient (Wildman–Crippen LogP) is 1.16. The van der Waals surface area contributed by atoms with Crippen LogP contribution in [-0.4, -0.2) is 35.6 Å². The third-order valence-corrected chi connectivity index (χ3v) is 2.74. The van der Waals surface area contributed by atoms with Crippen LogP contribution < -0.4 is 11.1 Å². The minimum Gasteiger partial charge on any atom is -0.333 e. The molecule has 0 saturated carbocycles. The Kier molecular flexibility index (Phi) is 3.60. The molecule has 1 rings (SSSR count). The second-order valence-corrected chi connectivity index (χ2v) is 5.52. The molecule has 2 unspecified atom stereocenters. The van der Waals surface area contributed by atoms with Gasteiger partial charge in [-0.1, -0.05) is 0 Å². The van der Waals surface area contributed by atoms with Gasteiger partial charge >= 0.3 is 6.03 Å². The largest absolute Gasteiger partial charge is 0.333 e. The molecule has 1 aliphatic heterocycles. The van der Waals surface area contributed by atoms with Crippen LogP contribution in [-0.2, 0) is 0 Å². The van der Waals surface area contributed by atoms with Crippen molar-refractivity contribution < 1.29 is 4.79 Å². The van der Waals surface area contributed by atoms with Crippen LogP contribution in [0.1, 0.15) is 34.1 Å². The summed E-state index contributed by atoms with van der Waals surface area (Å²) in [5, 5.41) is 2.98. The second kappa shape index (κ2) is 4.39. The number of amides is 2. The van der Waals surface area contributed by atoms with Crippen LogP contribution in [0.3, 0.4) is 0 Å². The summed E-state index contributed by atoms with van der Waals surface area (Å²) < 4.78 is 0. The summed E-state index contributed by atoms with van der Waals surface area (Å²) >= 11 is 0. The van der Waals surface area contributed by atoms with E-state index >= 15 is 0 Å². The van der Waals surface area contributed by atoms with Gasteiger partial charge < -0.3 is 16.0 Å². The molecule has 4 nitrogen and oxygen atoms in total. The highest BCUT2D eigenvalue weighted by Gasteiger charge is 2.32. The zero-order valence-electron chi connectivity index (χ0n) is 10.2. The number of rotatable bonds is 1. The van der Waals surface area contributed by atoms with E-state index in [2.05, 4.69) is 12.2 Å². The summed E-state index contributed by atoms with van der Waals surface area (Å²) in [4.78, 5) is 13.8. The van der Waals surface area contributed by atoms with E-state index in [4.69, 9.17) is 5.73 Å². The zero-order valence-corrected chi connectivity index (χ0v) is 10.2. The summed E-state index contributed by atoms with van der Waals surface area (Å²) in [5.41, 5.74) is 5.46. The van der Waals surface area contributed by atoms with Gasteiger partial charge in [-0.2, -0.15) is 0 Å². The molecule has 1 saturated heterocycles. The van der Waals surface area contributed by atoms with Crippen molar-refractivity contribution in [3.63, 3.8) is 0 Å². The Morgan fingerprint density at radius 1 is 1.53 bits per heavy atom. The number of nitrogens with one attached hydrogen (secondary N) is 1. The molecule has 0 radical (unpaired) electrons. The molecule has 1 heterocycles.